The lowest BCUT2D eigenvalue weighted by atomic mass is 9.82. The largest absolute Gasteiger partial charge is 0.495 e. The Labute approximate surface area is 589 Å². The zero-order valence-corrected chi connectivity index (χ0v) is 60.6. The number of likely N-dealkylation sites (N-methyl/N-ethyl adjacent to an activating group) is 2. The summed E-state index contributed by atoms with van der Waals surface area (Å²) in [4.78, 5) is 112. The number of benzene rings is 2. The highest BCUT2D eigenvalue weighted by Gasteiger charge is 2.74. The number of ether oxygens (including phenoxy) is 12. The standard InChI is InChI=1S/C69H102ClN9O21/c1-45-17-16-20-57(90-13)68(88)41-56(97-66(87)74-68)46(2)63-67(6,98-63)69(99-64(85)47(3)76(9)49(5)80,42-61(84)78(11)54-38-50(37-45)39-55(89-12)62(54)70)100-65(86)48(4)77(10)60(83)22-25-91-27-29-93-31-33-95-35-36-96-34-32-94-30-28-92-26-23-72-59(82)43-73-58(81)21-24-79-52(44-75(8)71-7)40-51-18-14-15-19-53(51)79/h14-20,38-40,46-48,56-57,63,71,88H,21-37,41-44H2,1-13H3,(H,72,82)(H,73,81)(H,74,87)/b20-16+,45-17+/t46-,47+,48?,56+,57?,63+,67-,68+,69-/m1/s1. The van der Waals surface area contributed by atoms with Crippen LogP contribution in [0.4, 0.5) is 10.5 Å². The maximum Gasteiger partial charge on any atom is 0.409 e. The third-order valence-corrected chi connectivity index (χ3v) is 18.3. The first-order valence-electron chi connectivity index (χ1n) is 33.4. The summed E-state index contributed by atoms with van der Waals surface area (Å²) in [7, 11) is 10.7. The van der Waals surface area contributed by atoms with E-state index in [1.807, 2.05) is 50.3 Å². The van der Waals surface area contributed by atoms with Crippen LogP contribution in [0.5, 0.6) is 5.75 Å². The number of amides is 6. The van der Waals surface area contributed by atoms with E-state index in [1.165, 1.54) is 68.0 Å². The normalized spacial score (nSPS) is 23.0. The molecular weight excluding hydrogens is 1330 g/mol. The van der Waals surface area contributed by atoms with Gasteiger partial charge in [-0.05, 0) is 76.4 Å². The van der Waals surface area contributed by atoms with Crippen molar-refractivity contribution >= 4 is 75.8 Å². The molecular formula is C69H102ClN9O21. The SMILES string of the molecule is CNN(C)Cc1cc2ccccc2n1CCC(=O)NCC(=O)NCCOCCOCCOCCOCCOCCOCCC(=O)N(C)C(C)C(=O)O[C@]1(OC(=O)[C@H](C)N(C)C(C)=O)CC(=O)N(C)c2cc(cc(OC)c2Cl)C/C(C)=C/C=C/C(OC)[C@@]2(O)C[C@H](OC(=O)N2)[C@@H](C)[C@@H]2O[C@]21C. The molecule has 5 N–H and O–H groups in total. The third-order valence-electron chi connectivity index (χ3n) is 17.9. The van der Waals surface area contributed by atoms with Gasteiger partial charge in [0.05, 0.1) is 112 Å². The average molecular weight is 1430 g/mol. The van der Waals surface area contributed by atoms with Crippen LogP contribution in [-0.4, -0.2) is 261 Å². The number of hydrogen-bond acceptors (Lipinski definition) is 23. The molecule has 0 saturated carbocycles. The van der Waals surface area contributed by atoms with Crippen LogP contribution in [0.25, 0.3) is 10.9 Å². The van der Waals surface area contributed by atoms with Gasteiger partial charge in [-0.15, -0.1) is 0 Å². The second-order valence-electron chi connectivity index (χ2n) is 25.0. The van der Waals surface area contributed by atoms with Gasteiger partial charge in [-0.2, -0.15) is 0 Å². The number of carbonyl (C=O) groups excluding carboxylic acids is 8. The van der Waals surface area contributed by atoms with Gasteiger partial charge >= 0.3 is 18.0 Å². The zero-order chi connectivity index (χ0) is 73.3. The lowest BCUT2D eigenvalue weighted by Crippen LogP contribution is -2.64. The molecule has 3 aromatic rings. The number of halogens is 1. The van der Waals surface area contributed by atoms with Crippen molar-refractivity contribution < 1.29 is 100 Å². The first-order chi connectivity index (χ1) is 47.6. The molecule has 556 valence electrons. The second-order valence-corrected chi connectivity index (χ2v) is 25.4. The molecule has 6 amide bonds. The predicted molar refractivity (Wildman–Crippen MR) is 367 cm³/mol. The number of carbonyl (C=O) groups is 8. The summed E-state index contributed by atoms with van der Waals surface area (Å²) in [6, 6.07) is 10.8. The molecule has 3 aliphatic rings. The monoisotopic (exact) mass is 1430 g/mol. The minimum atomic E-state index is -2.69. The minimum Gasteiger partial charge on any atom is -0.495 e. The third kappa shape index (κ3) is 22.8. The minimum absolute atomic E-state index is 0.0493. The van der Waals surface area contributed by atoms with E-state index in [1.54, 1.807) is 37.3 Å². The van der Waals surface area contributed by atoms with Gasteiger partial charge in [0.15, 0.2) is 11.3 Å². The number of methoxy groups -OCH3 is 2. The highest BCUT2D eigenvalue weighted by Crippen LogP contribution is 2.55. The van der Waals surface area contributed by atoms with E-state index in [-0.39, 0.29) is 100 Å². The van der Waals surface area contributed by atoms with E-state index in [9.17, 15) is 38.7 Å². The van der Waals surface area contributed by atoms with E-state index in [0.29, 0.717) is 64.7 Å². The Balaban J connectivity index is 0.918. The van der Waals surface area contributed by atoms with Crippen molar-refractivity contribution in [3.63, 3.8) is 0 Å². The van der Waals surface area contributed by atoms with E-state index < -0.39 is 95.6 Å². The number of allylic oxidation sites excluding steroid dienone is 3. The Kier molecular flexibility index (Phi) is 32.0. The van der Waals surface area contributed by atoms with Crippen molar-refractivity contribution in [3.8, 4) is 5.75 Å². The summed E-state index contributed by atoms with van der Waals surface area (Å²) < 4.78 is 71.9. The Hall–Kier alpha value is -7.33. The van der Waals surface area contributed by atoms with Gasteiger partial charge < -0.3 is 91.8 Å². The molecule has 3 aliphatic heterocycles. The molecule has 6 rings (SSSR count). The number of anilines is 1. The number of aromatic nitrogens is 1. The van der Waals surface area contributed by atoms with E-state index in [2.05, 4.69) is 32.0 Å². The van der Waals surface area contributed by atoms with Gasteiger partial charge in [0.2, 0.25) is 29.5 Å². The number of aliphatic hydroxyl groups is 1. The van der Waals surface area contributed by atoms with Crippen LogP contribution in [0.15, 0.2) is 66.3 Å². The fourth-order valence-corrected chi connectivity index (χ4v) is 11.7. The summed E-state index contributed by atoms with van der Waals surface area (Å²) in [6.45, 7) is 13.3. The van der Waals surface area contributed by atoms with Crippen molar-refractivity contribution in [2.24, 2.45) is 5.92 Å². The molecule has 9 atom stereocenters. The van der Waals surface area contributed by atoms with Crippen LogP contribution < -0.4 is 31.0 Å². The average Bonchev–Trinajstić information content (AvgIpc) is 1.54. The van der Waals surface area contributed by atoms with Gasteiger partial charge in [0.25, 0.3) is 5.79 Å². The number of hydrogen-bond donors (Lipinski definition) is 5. The number of epoxide rings is 1. The van der Waals surface area contributed by atoms with E-state index in [4.69, 9.17) is 68.4 Å². The number of nitrogens with zero attached hydrogens (tertiary/aromatic N) is 5. The van der Waals surface area contributed by atoms with Crippen LogP contribution >= 0.6 is 11.6 Å². The van der Waals surface area contributed by atoms with E-state index >= 15 is 4.79 Å². The summed E-state index contributed by atoms with van der Waals surface area (Å²) in [6.07, 6.45) is -0.0808. The number of nitrogens with one attached hydrogen (secondary N) is 4. The van der Waals surface area contributed by atoms with Gasteiger partial charge in [0.1, 0.15) is 47.6 Å². The van der Waals surface area contributed by atoms with Gasteiger partial charge in [-0.1, -0.05) is 60.5 Å². The Morgan fingerprint density at radius 3 is 1.99 bits per heavy atom. The number of aryl methyl sites for hydroxylation is 1. The molecule has 2 saturated heterocycles. The quantitative estimate of drug-likeness (QED) is 0.0181. The molecule has 4 bridgehead atoms. The number of fused-ring (bicyclic) bond motifs is 6. The van der Waals surface area contributed by atoms with Gasteiger partial charge in [-0.3, -0.25) is 34.7 Å². The molecule has 31 heteroatoms. The highest BCUT2D eigenvalue weighted by molar-refractivity contribution is 6.35. The molecule has 4 heterocycles. The predicted octanol–water partition coefficient (Wildman–Crippen LogP) is 3.59. The van der Waals surface area contributed by atoms with Gasteiger partial charge in [0, 0.05) is 85.3 Å². The Bertz CT molecular complexity index is 3320. The Morgan fingerprint density at radius 2 is 1.40 bits per heavy atom. The first-order valence-corrected chi connectivity index (χ1v) is 33.8. The number of hydrazine groups is 1. The topological polar surface area (TPSA) is 337 Å². The summed E-state index contributed by atoms with van der Waals surface area (Å²) in [5.41, 5.74) is 2.92. The lowest BCUT2D eigenvalue weighted by Gasteiger charge is -2.42. The fourth-order valence-electron chi connectivity index (χ4n) is 11.4. The summed E-state index contributed by atoms with van der Waals surface area (Å²) in [5, 5.41) is 23.1. The number of para-hydroxylation sites is 1. The van der Waals surface area contributed by atoms with Crippen molar-refractivity contribution in [2.45, 2.75) is 134 Å². The van der Waals surface area contributed by atoms with Crippen LogP contribution in [0, 0.1) is 5.92 Å². The van der Waals surface area contributed by atoms with Crippen molar-refractivity contribution in [1.29, 1.82) is 0 Å². The molecule has 2 fully saturated rings. The summed E-state index contributed by atoms with van der Waals surface area (Å²) in [5.74, 6) is -7.96. The maximum atomic E-state index is 15.1. The van der Waals surface area contributed by atoms with Crippen molar-refractivity contribution in [1.82, 2.24) is 40.8 Å². The van der Waals surface area contributed by atoms with Gasteiger partial charge in [-0.25, -0.2) is 19.4 Å². The molecule has 2 unspecified atom stereocenters. The van der Waals surface area contributed by atoms with Crippen LogP contribution in [0.3, 0.4) is 0 Å². The summed E-state index contributed by atoms with van der Waals surface area (Å²) >= 11 is 6.92. The fraction of sp³-hybridized carbons (Fsp3) is 0.623. The zero-order valence-electron chi connectivity index (χ0n) is 59.8. The van der Waals surface area contributed by atoms with E-state index in [0.717, 1.165) is 32.0 Å². The Morgan fingerprint density at radius 1 is 0.810 bits per heavy atom. The van der Waals surface area contributed by atoms with Crippen LogP contribution in [0.1, 0.15) is 78.5 Å². The molecule has 0 radical (unpaired) electrons. The van der Waals surface area contributed by atoms with Crippen LogP contribution in [-0.2, 0) is 105 Å². The maximum absolute atomic E-state index is 15.1. The molecule has 100 heavy (non-hydrogen) atoms. The molecule has 0 aliphatic carbocycles. The smallest absolute Gasteiger partial charge is 0.409 e. The van der Waals surface area contributed by atoms with Crippen LogP contribution in [0.2, 0.25) is 5.02 Å². The lowest BCUT2D eigenvalue weighted by molar-refractivity contribution is -0.255. The number of esters is 2. The number of rotatable bonds is 37. The molecule has 2 aromatic carbocycles. The molecule has 1 aromatic heterocycles. The second kappa shape index (κ2) is 39.2. The molecule has 0 spiro atoms. The number of alkyl carbamates (subject to hydrolysis) is 1. The molecule has 30 nitrogen and oxygen atoms in total. The first kappa shape index (κ1) is 81.6. The van der Waals surface area contributed by atoms with Crippen molar-refractivity contribution in [2.75, 3.05) is 147 Å². The van der Waals surface area contributed by atoms with Crippen molar-refractivity contribution in [3.05, 3.63) is 82.5 Å². The highest BCUT2D eigenvalue weighted by atomic mass is 35.5.